The smallest absolute Gasteiger partial charge is 0.225 e. The van der Waals surface area contributed by atoms with Crippen molar-refractivity contribution in [2.75, 3.05) is 45.2 Å². The molecule has 0 aromatic heterocycles. The number of nitrogens with zero attached hydrogens (tertiary/aromatic N) is 2. The molecule has 3 rings (SSSR count). The van der Waals surface area contributed by atoms with Gasteiger partial charge in [-0.3, -0.25) is 9.69 Å². The fourth-order valence-corrected chi connectivity index (χ4v) is 3.60. The Morgan fingerprint density at radius 3 is 2.54 bits per heavy atom. The third kappa shape index (κ3) is 6.23. The second kappa shape index (κ2) is 10.5. The van der Waals surface area contributed by atoms with Gasteiger partial charge in [-0.05, 0) is 49.3 Å². The predicted molar refractivity (Wildman–Crippen MR) is 114 cm³/mol. The first-order chi connectivity index (χ1) is 13.6. The van der Waals surface area contributed by atoms with Gasteiger partial charge in [0.05, 0.1) is 12.8 Å². The highest BCUT2D eigenvalue weighted by atomic mass is 35.5. The molecule has 2 aromatic carbocycles. The Labute approximate surface area is 172 Å². The van der Waals surface area contributed by atoms with Crippen molar-refractivity contribution in [1.29, 1.82) is 0 Å². The van der Waals surface area contributed by atoms with Gasteiger partial charge in [0.1, 0.15) is 5.75 Å². The summed E-state index contributed by atoms with van der Waals surface area (Å²) in [6, 6.07) is 15.6. The van der Waals surface area contributed by atoms with Crippen LogP contribution in [0.5, 0.6) is 5.75 Å². The molecular formula is C22H28ClN3O2. The average molecular weight is 402 g/mol. The minimum Gasteiger partial charge on any atom is -0.495 e. The number of para-hydroxylation sites is 2. The average Bonchev–Trinajstić information content (AvgIpc) is 2.94. The summed E-state index contributed by atoms with van der Waals surface area (Å²) >= 11 is 5.97. The lowest BCUT2D eigenvalue weighted by molar-refractivity contribution is -0.116. The second-order valence-corrected chi connectivity index (χ2v) is 7.53. The van der Waals surface area contributed by atoms with Gasteiger partial charge in [-0.2, -0.15) is 0 Å². The van der Waals surface area contributed by atoms with Gasteiger partial charge in [-0.1, -0.05) is 35.9 Å². The third-order valence-corrected chi connectivity index (χ3v) is 5.29. The van der Waals surface area contributed by atoms with Crippen molar-refractivity contribution in [2.24, 2.45) is 0 Å². The molecule has 1 aliphatic heterocycles. The quantitative estimate of drug-likeness (QED) is 0.764. The zero-order chi connectivity index (χ0) is 19.8. The first-order valence-electron chi connectivity index (χ1n) is 9.76. The summed E-state index contributed by atoms with van der Waals surface area (Å²) in [5.41, 5.74) is 2.01. The first-order valence-corrected chi connectivity index (χ1v) is 10.1. The molecule has 1 aliphatic rings. The van der Waals surface area contributed by atoms with E-state index in [4.69, 9.17) is 16.3 Å². The van der Waals surface area contributed by atoms with E-state index in [-0.39, 0.29) is 5.91 Å². The van der Waals surface area contributed by atoms with E-state index >= 15 is 0 Å². The molecular weight excluding hydrogens is 374 g/mol. The van der Waals surface area contributed by atoms with E-state index in [9.17, 15) is 4.79 Å². The van der Waals surface area contributed by atoms with Gasteiger partial charge in [-0.15, -0.1) is 0 Å². The van der Waals surface area contributed by atoms with Crippen LogP contribution >= 0.6 is 11.6 Å². The van der Waals surface area contributed by atoms with E-state index in [1.54, 1.807) is 7.11 Å². The SMILES string of the molecule is COc1ccccc1NC(=O)CCN1CCCN(Cc2ccc(Cl)cc2)CC1. The number of amides is 1. The molecule has 0 atom stereocenters. The third-order valence-electron chi connectivity index (χ3n) is 5.04. The van der Waals surface area contributed by atoms with Crippen LogP contribution in [-0.2, 0) is 11.3 Å². The molecule has 0 unspecified atom stereocenters. The summed E-state index contributed by atoms with van der Waals surface area (Å²) < 4.78 is 5.29. The standard InChI is InChI=1S/C22H28ClN3O2/c1-28-21-6-3-2-5-20(21)24-22(27)11-14-25-12-4-13-26(16-15-25)17-18-7-9-19(23)10-8-18/h2-3,5-10H,4,11-17H2,1H3,(H,24,27). The van der Waals surface area contributed by atoms with Crippen LogP contribution in [0.3, 0.4) is 0 Å². The Balaban J connectivity index is 1.43. The lowest BCUT2D eigenvalue weighted by Crippen LogP contribution is -2.32. The maximum Gasteiger partial charge on any atom is 0.225 e. The number of nitrogens with one attached hydrogen (secondary N) is 1. The Bertz CT molecular complexity index is 767. The number of benzene rings is 2. The molecule has 6 heteroatoms. The second-order valence-electron chi connectivity index (χ2n) is 7.10. The van der Waals surface area contributed by atoms with Gasteiger partial charge in [-0.25, -0.2) is 0 Å². The minimum atomic E-state index is 0.0202. The molecule has 2 aromatic rings. The van der Waals surface area contributed by atoms with E-state index in [2.05, 4.69) is 27.2 Å². The molecule has 150 valence electrons. The molecule has 0 radical (unpaired) electrons. The summed E-state index contributed by atoms with van der Waals surface area (Å²) in [6.07, 6.45) is 1.59. The number of hydrogen-bond acceptors (Lipinski definition) is 4. The van der Waals surface area contributed by atoms with Crippen molar-refractivity contribution in [1.82, 2.24) is 9.80 Å². The highest BCUT2D eigenvalue weighted by molar-refractivity contribution is 6.30. The molecule has 0 spiro atoms. The van der Waals surface area contributed by atoms with Crippen LogP contribution in [0.4, 0.5) is 5.69 Å². The zero-order valence-electron chi connectivity index (χ0n) is 16.4. The number of hydrogen-bond donors (Lipinski definition) is 1. The van der Waals surface area contributed by atoms with Gasteiger partial charge < -0.3 is 15.0 Å². The number of halogens is 1. The van der Waals surface area contributed by atoms with E-state index in [1.165, 1.54) is 5.56 Å². The van der Waals surface area contributed by atoms with E-state index in [1.807, 2.05) is 36.4 Å². The normalized spacial score (nSPS) is 15.8. The minimum absolute atomic E-state index is 0.0202. The van der Waals surface area contributed by atoms with Crippen LogP contribution in [0.25, 0.3) is 0 Å². The number of rotatable bonds is 7. The van der Waals surface area contributed by atoms with Crippen molar-refractivity contribution in [3.05, 3.63) is 59.1 Å². The van der Waals surface area contributed by atoms with Gasteiger partial charge in [0.15, 0.2) is 0 Å². The topological polar surface area (TPSA) is 44.8 Å². The summed E-state index contributed by atoms with van der Waals surface area (Å²) in [6.45, 7) is 5.81. The highest BCUT2D eigenvalue weighted by Crippen LogP contribution is 2.23. The number of ether oxygens (including phenoxy) is 1. The van der Waals surface area contributed by atoms with Crippen molar-refractivity contribution in [3.63, 3.8) is 0 Å². The molecule has 0 saturated carbocycles. The number of methoxy groups -OCH3 is 1. The van der Waals surface area contributed by atoms with Gasteiger partial charge in [0.25, 0.3) is 0 Å². The molecule has 0 bridgehead atoms. The Morgan fingerprint density at radius 1 is 1.04 bits per heavy atom. The molecule has 1 saturated heterocycles. The molecule has 28 heavy (non-hydrogen) atoms. The van der Waals surface area contributed by atoms with Crippen molar-refractivity contribution in [2.45, 2.75) is 19.4 Å². The first kappa shape index (κ1) is 20.6. The van der Waals surface area contributed by atoms with Crippen LogP contribution in [0, 0.1) is 0 Å². The van der Waals surface area contributed by atoms with Crippen LogP contribution in [0.2, 0.25) is 5.02 Å². The number of anilines is 1. The molecule has 1 heterocycles. The fourth-order valence-electron chi connectivity index (χ4n) is 3.47. The maximum atomic E-state index is 12.3. The Morgan fingerprint density at radius 2 is 1.75 bits per heavy atom. The van der Waals surface area contributed by atoms with E-state index in [0.29, 0.717) is 12.2 Å². The van der Waals surface area contributed by atoms with Gasteiger partial charge in [0, 0.05) is 37.6 Å². The monoisotopic (exact) mass is 401 g/mol. The lowest BCUT2D eigenvalue weighted by atomic mass is 10.2. The van der Waals surface area contributed by atoms with Crippen LogP contribution in [-0.4, -0.2) is 55.5 Å². The molecule has 1 N–H and O–H groups in total. The van der Waals surface area contributed by atoms with E-state index < -0.39 is 0 Å². The number of carbonyl (C=O) groups is 1. The van der Waals surface area contributed by atoms with Crippen molar-refractivity contribution in [3.8, 4) is 5.75 Å². The largest absolute Gasteiger partial charge is 0.495 e. The van der Waals surface area contributed by atoms with Crippen molar-refractivity contribution < 1.29 is 9.53 Å². The lowest BCUT2D eigenvalue weighted by Gasteiger charge is -2.21. The zero-order valence-corrected chi connectivity index (χ0v) is 17.1. The molecule has 1 amide bonds. The van der Waals surface area contributed by atoms with Crippen LogP contribution in [0.1, 0.15) is 18.4 Å². The highest BCUT2D eigenvalue weighted by Gasteiger charge is 2.16. The van der Waals surface area contributed by atoms with Gasteiger partial charge >= 0.3 is 0 Å². The Kier molecular flexibility index (Phi) is 7.71. The number of carbonyl (C=O) groups excluding carboxylic acids is 1. The maximum absolute atomic E-state index is 12.3. The fraction of sp³-hybridized carbons (Fsp3) is 0.409. The summed E-state index contributed by atoms with van der Waals surface area (Å²) in [5, 5.41) is 3.73. The summed E-state index contributed by atoms with van der Waals surface area (Å²) in [5.74, 6) is 0.704. The predicted octanol–water partition coefficient (Wildman–Crippen LogP) is 3.89. The van der Waals surface area contributed by atoms with Gasteiger partial charge in [0.2, 0.25) is 5.91 Å². The Hall–Kier alpha value is -2.08. The summed E-state index contributed by atoms with van der Waals surface area (Å²) in [4.78, 5) is 17.2. The molecule has 5 nitrogen and oxygen atoms in total. The molecule has 1 fully saturated rings. The van der Waals surface area contributed by atoms with Crippen LogP contribution < -0.4 is 10.1 Å². The van der Waals surface area contributed by atoms with Crippen molar-refractivity contribution >= 4 is 23.2 Å². The van der Waals surface area contributed by atoms with E-state index in [0.717, 1.165) is 56.4 Å². The summed E-state index contributed by atoms with van der Waals surface area (Å²) in [7, 11) is 1.61. The van der Waals surface area contributed by atoms with Crippen LogP contribution in [0.15, 0.2) is 48.5 Å². The molecule has 0 aliphatic carbocycles.